The van der Waals surface area contributed by atoms with Gasteiger partial charge in [0.1, 0.15) is 0 Å². The molecule has 1 saturated heterocycles. The summed E-state index contributed by atoms with van der Waals surface area (Å²) in [4.78, 5) is 33.6. The van der Waals surface area contributed by atoms with Crippen molar-refractivity contribution in [2.24, 2.45) is 0 Å². The average molecular weight is 373 g/mol. The zero-order chi connectivity index (χ0) is 18.5. The number of hydrogen-bond acceptors (Lipinski definition) is 5. The third-order valence-electron chi connectivity index (χ3n) is 4.36. The third kappa shape index (κ3) is 4.51. The second-order valence-electron chi connectivity index (χ2n) is 6.18. The predicted octanol–water partition coefficient (Wildman–Crippen LogP) is 2.23. The van der Waals surface area contributed by atoms with E-state index in [1.165, 1.54) is 17.0 Å². The second-order valence-corrected chi connectivity index (χ2v) is 7.38. The quantitative estimate of drug-likeness (QED) is 0.862. The van der Waals surface area contributed by atoms with Gasteiger partial charge in [0.15, 0.2) is 5.13 Å². The lowest BCUT2D eigenvalue weighted by molar-refractivity contribution is -0.115. The van der Waals surface area contributed by atoms with Gasteiger partial charge < -0.3 is 20.4 Å². The van der Waals surface area contributed by atoms with E-state index in [4.69, 9.17) is 0 Å². The molecule has 8 heteroatoms. The summed E-state index contributed by atoms with van der Waals surface area (Å²) in [6, 6.07) is 9.95. The number of carbonyl (C=O) groups excluding carboxylic acids is 2. The maximum absolute atomic E-state index is 12.3. The Kier molecular flexibility index (Phi) is 5.72. The van der Waals surface area contributed by atoms with E-state index >= 15 is 0 Å². The number of benzene rings is 1. The van der Waals surface area contributed by atoms with Crippen LogP contribution < -0.4 is 15.5 Å². The summed E-state index contributed by atoms with van der Waals surface area (Å²) < 4.78 is 0. The molecule has 0 bridgehead atoms. The predicted molar refractivity (Wildman–Crippen MR) is 104 cm³/mol. The Morgan fingerprint density at radius 1 is 1.12 bits per heavy atom. The summed E-state index contributed by atoms with van der Waals surface area (Å²) in [6.07, 6.45) is 0. The summed E-state index contributed by atoms with van der Waals surface area (Å²) in [5.74, 6) is -0.268. The zero-order valence-corrected chi connectivity index (χ0v) is 15.8. The number of rotatable bonds is 4. The van der Waals surface area contributed by atoms with Crippen molar-refractivity contribution in [3.8, 4) is 0 Å². The standard InChI is InChI=1S/C18H23N5O2S/c1-13-14(2)26-17(20-13)21-16(24)12-19-18(25)23-10-8-22(9-11-23)15-6-4-3-5-7-15/h3-7H,8-12H2,1-2H3,(H,19,25)(H,20,21,24). The van der Waals surface area contributed by atoms with E-state index in [-0.39, 0.29) is 18.5 Å². The number of carbonyl (C=O) groups is 2. The van der Waals surface area contributed by atoms with Crippen molar-refractivity contribution in [1.82, 2.24) is 15.2 Å². The lowest BCUT2D eigenvalue weighted by Gasteiger charge is -2.36. The number of amides is 3. The highest BCUT2D eigenvalue weighted by Crippen LogP contribution is 2.20. The van der Waals surface area contributed by atoms with Crippen LogP contribution in [-0.4, -0.2) is 54.5 Å². The van der Waals surface area contributed by atoms with Crippen LogP contribution in [-0.2, 0) is 4.79 Å². The summed E-state index contributed by atoms with van der Waals surface area (Å²) in [6.45, 7) is 6.62. The summed E-state index contributed by atoms with van der Waals surface area (Å²) in [5.41, 5.74) is 2.08. The van der Waals surface area contributed by atoms with Gasteiger partial charge in [-0.05, 0) is 26.0 Å². The van der Waals surface area contributed by atoms with Crippen LogP contribution in [0.1, 0.15) is 10.6 Å². The first kappa shape index (κ1) is 18.2. The number of aromatic nitrogens is 1. The van der Waals surface area contributed by atoms with Crippen molar-refractivity contribution in [3.05, 3.63) is 40.9 Å². The molecule has 0 radical (unpaired) electrons. The molecule has 2 heterocycles. The fourth-order valence-corrected chi connectivity index (χ4v) is 3.59. The molecule has 0 unspecified atom stereocenters. The van der Waals surface area contributed by atoms with Gasteiger partial charge >= 0.3 is 6.03 Å². The molecule has 2 aromatic rings. The first-order valence-electron chi connectivity index (χ1n) is 8.59. The van der Waals surface area contributed by atoms with E-state index in [9.17, 15) is 9.59 Å². The number of aryl methyl sites for hydroxylation is 2. The Morgan fingerprint density at radius 2 is 1.81 bits per heavy atom. The Balaban J connectivity index is 1.42. The van der Waals surface area contributed by atoms with E-state index in [1.807, 2.05) is 32.0 Å². The third-order valence-corrected chi connectivity index (χ3v) is 5.35. The van der Waals surface area contributed by atoms with Crippen molar-refractivity contribution in [1.29, 1.82) is 0 Å². The number of piperazine rings is 1. The molecule has 0 saturated carbocycles. The molecule has 1 aromatic heterocycles. The Bertz CT molecular complexity index is 750. The van der Waals surface area contributed by atoms with Gasteiger partial charge in [-0.25, -0.2) is 9.78 Å². The molecule has 1 aliphatic heterocycles. The van der Waals surface area contributed by atoms with Crippen molar-refractivity contribution in [2.45, 2.75) is 13.8 Å². The van der Waals surface area contributed by atoms with Gasteiger partial charge in [-0.15, -0.1) is 11.3 Å². The van der Waals surface area contributed by atoms with Crippen molar-refractivity contribution in [2.75, 3.05) is 42.9 Å². The van der Waals surface area contributed by atoms with Crippen LogP contribution in [0.5, 0.6) is 0 Å². The van der Waals surface area contributed by atoms with Crippen LogP contribution in [0.25, 0.3) is 0 Å². The minimum Gasteiger partial charge on any atom is -0.368 e. The van der Waals surface area contributed by atoms with Crippen molar-refractivity contribution < 1.29 is 9.59 Å². The number of hydrogen-bond donors (Lipinski definition) is 2. The van der Waals surface area contributed by atoms with Gasteiger partial charge in [-0.2, -0.15) is 0 Å². The van der Waals surface area contributed by atoms with Gasteiger partial charge in [-0.3, -0.25) is 4.79 Å². The van der Waals surface area contributed by atoms with Gasteiger partial charge in [0.25, 0.3) is 0 Å². The van der Waals surface area contributed by atoms with E-state index in [1.54, 1.807) is 4.90 Å². The zero-order valence-electron chi connectivity index (χ0n) is 15.0. The molecule has 3 amide bonds. The van der Waals surface area contributed by atoms with Gasteiger partial charge in [0, 0.05) is 36.7 Å². The minimum atomic E-state index is -0.268. The topological polar surface area (TPSA) is 77.6 Å². The summed E-state index contributed by atoms with van der Waals surface area (Å²) in [7, 11) is 0. The molecular weight excluding hydrogens is 350 g/mol. The van der Waals surface area contributed by atoms with Crippen LogP contribution in [0, 0.1) is 13.8 Å². The lowest BCUT2D eigenvalue weighted by Crippen LogP contribution is -2.52. The SMILES string of the molecule is Cc1nc(NC(=O)CNC(=O)N2CCN(c3ccccc3)CC2)sc1C. The smallest absolute Gasteiger partial charge is 0.317 e. The monoisotopic (exact) mass is 373 g/mol. The highest BCUT2D eigenvalue weighted by Gasteiger charge is 2.21. The fraction of sp³-hybridized carbons (Fsp3) is 0.389. The number of nitrogens with zero attached hydrogens (tertiary/aromatic N) is 3. The number of nitrogens with one attached hydrogen (secondary N) is 2. The highest BCUT2D eigenvalue weighted by atomic mass is 32.1. The second kappa shape index (κ2) is 8.18. The maximum atomic E-state index is 12.3. The van der Waals surface area contributed by atoms with Gasteiger partial charge in [0.2, 0.25) is 5.91 Å². The van der Waals surface area contributed by atoms with Crippen LogP contribution in [0.2, 0.25) is 0 Å². The molecule has 3 rings (SSSR count). The number of anilines is 2. The minimum absolute atomic E-state index is 0.0601. The fourth-order valence-electron chi connectivity index (χ4n) is 2.76. The number of para-hydroxylation sites is 1. The molecule has 0 atom stereocenters. The highest BCUT2D eigenvalue weighted by molar-refractivity contribution is 7.15. The van der Waals surface area contributed by atoms with Crippen molar-refractivity contribution in [3.63, 3.8) is 0 Å². The van der Waals surface area contributed by atoms with Crippen LogP contribution in [0.15, 0.2) is 30.3 Å². The van der Waals surface area contributed by atoms with Gasteiger partial charge in [0.05, 0.1) is 12.2 Å². The van der Waals surface area contributed by atoms with E-state index < -0.39 is 0 Å². The molecule has 7 nitrogen and oxygen atoms in total. The van der Waals surface area contributed by atoms with Gasteiger partial charge in [-0.1, -0.05) is 18.2 Å². The Labute approximate surface area is 157 Å². The molecule has 138 valence electrons. The molecule has 1 fully saturated rings. The van der Waals surface area contributed by atoms with Crippen LogP contribution in [0.4, 0.5) is 15.6 Å². The Morgan fingerprint density at radius 3 is 2.42 bits per heavy atom. The number of thiazole rings is 1. The van der Waals surface area contributed by atoms with Crippen LogP contribution in [0.3, 0.4) is 0 Å². The lowest BCUT2D eigenvalue weighted by atomic mass is 10.2. The average Bonchev–Trinajstić information content (AvgIpc) is 2.97. The molecule has 0 spiro atoms. The van der Waals surface area contributed by atoms with E-state index in [2.05, 4.69) is 32.7 Å². The maximum Gasteiger partial charge on any atom is 0.317 e. The van der Waals surface area contributed by atoms with Crippen LogP contribution >= 0.6 is 11.3 Å². The van der Waals surface area contributed by atoms with Crippen molar-refractivity contribution >= 4 is 34.1 Å². The first-order chi connectivity index (χ1) is 12.5. The van der Waals surface area contributed by atoms with E-state index in [0.717, 1.165) is 23.7 Å². The number of urea groups is 1. The summed E-state index contributed by atoms with van der Waals surface area (Å²) in [5, 5.41) is 5.96. The molecule has 0 aliphatic carbocycles. The first-order valence-corrected chi connectivity index (χ1v) is 9.41. The van der Waals surface area contributed by atoms with E-state index in [0.29, 0.717) is 18.2 Å². The molecule has 1 aliphatic rings. The Hall–Kier alpha value is -2.61. The molecule has 2 N–H and O–H groups in total. The summed E-state index contributed by atoms with van der Waals surface area (Å²) >= 11 is 1.43. The normalized spacial score (nSPS) is 14.2. The molecule has 26 heavy (non-hydrogen) atoms. The largest absolute Gasteiger partial charge is 0.368 e. The molecular formula is C18H23N5O2S. The molecule has 1 aromatic carbocycles.